The van der Waals surface area contributed by atoms with Gasteiger partial charge in [0.2, 0.25) is 5.91 Å². The van der Waals surface area contributed by atoms with Gasteiger partial charge in [0.25, 0.3) is 0 Å². The first kappa shape index (κ1) is 16.0. The zero-order valence-corrected chi connectivity index (χ0v) is 13.9. The maximum absolute atomic E-state index is 12.3. The molecule has 7 heteroatoms. The summed E-state index contributed by atoms with van der Waals surface area (Å²) in [5.74, 6) is -0.0991. The van der Waals surface area contributed by atoms with Crippen molar-refractivity contribution in [3.8, 4) is 5.69 Å². The molecule has 3 amide bonds. The van der Waals surface area contributed by atoms with Crippen LogP contribution in [0.4, 0.5) is 4.79 Å². The summed E-state index contributed by atoms with van der Waals surface area (Å²) >= 11 is 0. The topological polar surface area (TPSA) is 70.5 Å². The highest BCUT2D eigenvalue weighted by atomic mass is 16.2. The second kappa shape index (κ2) is 6.74. The van der Waals surface area contributed by atoms with E-state index in [0.717, 1.165) is 16.9 Å². The van der Waals surface area contributed by atoms with Crippen molar-refractivity contribution in [1.82, 2.24) is 24.9 Å². The third kappa shape index (κ3) is 3.10. The Morgan fingerprint density at radius 2 is 2.00 bits per heavy atom. The third-order valence-corrected chi connectivity index (χ3v) is 4.24. The van der Waals surface area contributed by atoms with Crippen LogP contribution in [0.15, 0.2) is 36.5 Å². The fourth-order valence-electron chi connectivity index (χ4n) is 2.66. The van der Waals surface area contributed by atoms with Crippen molar-refractivity contribution in [3.05, 3.63) is 47.8 Å². The first-order chi connectivity index (χ1) is 11.6. The Labute approximate surface area is 140 Å². The van der Waals surface area contributed by atoms with Gasteiger partial charge in [-0.2, -0.15) is 5.10 Å². The number of urea groups is 1. The van der Waals surface area contributed by atoms with Crippen molar-refractivity contribution in [2.24, 2.45) is 0 Å². The van der Waals surface area contributed by atoms with E-state index in [1.807, 2.05) is 41.9 Å². The molecule has 2 aromatic rings. The van der Waals surface area contributed by atoms with E-state index in [4.69, 9.17) is 0 Å². The SMILES string of the molecule is CCN(C)C(=O)CNC(=O)N1Cc2cnn(-c3ccccc3)c2C1. The van der Waals surface area contributed by atoms with Gasteiger partial charge in [-0.3, -0.25) is 4.79 Å². The fraction of sp³-hybridized carbons (Fsp3) is 0.353. The number of benzene rings is 1. The Balaban J connectivity index is 1.64. The zero-order valence-electron chi connectivity index (χ0n) is 13.9. The van der Waals surface area contributed by atoms with E-state index in [1.54, 1.807) is 23.0 Å². The summed E-state index contributed by atoms with van der Waals surface area (Å²) in [6.07, 6.45) is 1.80. The Morgan fingerprint density at radius 1 is 1.25 bits per heavy atom. The first-order valence-corrected chi connectivity index (χ1v) is 7.98. The van der Waals surface area contributed by atoms with Crippen LogP contribution in [0.2, 0.25) is 0 Å². The normalized spacial score (nSPS) is 12.8. The van der Waals surface area contributed by atoms with E-state index in [9.17, 15) is 9.59 Å². The van der Waals surface area contributed by atoms with Crippen molar-refractivity contribution >= 4 is 11.9 Å². The molecule has 1 aliphatic heterocycles. The number of nitrogens with zero attached hydrogens (tertiary/aromatic N) is 4. The number of hydrogen-bond donors (Lipinski definition) is 1. The molecule has 7 nitrogen and oxygen atoms in total. The van der Waals surface area contributed by atoms with Crippen molar-refractivity contribution < 1.29 is 9.59 Å². The fourth-order valence-corrected chi connectivity index (χ4v) is 2.66. The molecule has 1 aliphatic rings. The Morgan fingerprint density at radius 3 is 2.71 bits per heavy atom. The molecule has 2 heterocycles. The highest BCUT2D eigenvalue weighted by Gasteiger charge is 2.27. The van der Waals surface area contributed by atoms with Crippen LogP contribution in [-0.2, 0) is 17.9 Å². The highest BCUT2D eigenvalue weighted by molar-refractivity contribution is 5.84. The predicted octanol–water partition coefficient (Wildman–Crippen LogP) is 1.38. The van der Waals surface area contributed by atoms with Crippen LogP contribution >= 0.6 is 0 Å². The lowest BCUT2D eigenvalue weighted by atomic mass is 10.3. The van der Waals surface area contributed by atoms with Gasteiger partial charge in [-0.05, 0) is 19.1 Å². The van der Waals surface area contributed by atoms with Gasteiger partial charge in [0.15, 0.2) is 0 Å². The summed E-state index contributed by atoms with van der Waals surface area (Å²) in [7, 11) is 1.72. The third-order valence-electron chi connectivity index (χ3n) is 4.24. The van der Waals surface area contributed by atoms with Crippen LogP contribution in [0, 0.1) is 0 Å². The van der Waals surface area contributed by atoms with E-state index in [-0.39, 0.29) is 18.5 Å². The number of aromatic nitrogens is 2. The van der Waals surface area contributed by atoms with Crippen LogP contribution < -0.4 is 5.32 Å². The average Bonchev–Trinajstić information content (AvgIpc) is 3.19. The summed E-state index contributed by atoms with van der Waals surface area (Å²) in [5.41, 5.74) is 3.01. The summed E-state index contributed by atoms with van der Waals surface area (Å²) in [6.45, 7) is 3.52. The molecular formula is C17H21N5O2. The molecule has 0 saturated carbocycles. The zero-order chi connectivity index (χ0) is 17.1. The van der Waals surface area contributed by atoms with Gasteiger partial charge in [-0.25, -0.2) is 9.48 Å². The molecule has 0 fully saturated rings. The van der Waals surface area contributed by atoms with Gasteiger partial charge in [0, 0.05) is 19.2 Å². The molecule has 0 saturated heterocycles. The number of nitrogens with one attached hydrogen (secondary N) is 1. The number of likely N-dealkylation sites (N-methyl/N-ethyl adjacent to an activating group) is 1. The lowest BCUT2D eigenvalue weighted by molar-refractivity contribution is -0.128. The molecule has 1 aromatic carbocycles. The Hall–Kier alpha value is -2.83. The number of fused-ring (bicyclic) bond motifs is 1. The van der Waals surface area contributed by atoms with E-state index < -0.39 is 0 Å². The Kier molecular flexibility index (Phi) is 4.50. The molecule has 0 unspecified atom stereocenters. The lowest BCUT2D eigenvalue weighted by Crippen LogP contribution is -2.43. The highest BCUT2D eigenvalue weighted by Crippen LogP contribution is 2.24. The first-order valence-electron chi connectivity index (χ1n) is 7.98. The molecule has 1 N–H and O–H groups in total. The number of hydrogen-bond acceptors (Lipinski definition) is 3. The molecule has 0 bridgehead atoms. The molecule has 0 atom stereocenters. The molecule has 0 spiro atoms. The average molecular weight is 327 g/mol. The van der Waals surface area contributed by atoms with E-state index in [2.05, 4.69) is 10.4 Å². The number of carbonyl (C=O) groups is 2. The molecule has 24 heavy (non-hydrogen) atoms. The Bertz CT molecular complexity index is 741. The van der Waals surface area contributed by atoms with Crippen molar-refractivity contribution in [2.75, 3.05) is 20.1 Å². The van der Waals surface area contributed by atoms with Gasteiger partial charge >= 0.3 is 6.03 Å². The molecule has 1 aromatic heterocycles. The van der Waals surface area contributed by atoms with Gasteiger partial charge in [-0.15, -0.1) is 0 Å². The summed E-state index contributed by atoms with van der Waals surface area (Å²) in [6, 6.07) is 9.60. The summed E-state index contributed by atoms with van der Waals surface area (Å²) < 4.78 is 1.86. The minimum absolute atomic E-state index is 0.0147. The molecular weight excluding hydrogens is 306 g/mol. The van der Waals surface area contributed by atoms with Gasteiger partial charge < -0.3 is 15.1 Å². The summed E-state index contributed by atoms with van der Waals surface area (Å²) in [5, 5.41) is 7.10. The van der Waals surface area contributed by atoms with Crippen LogP contribution in [0.25, 0.3) is 5.69 Å². The quantitative estimate of drug-likeness (QED) is 0.922. The van der Waals surface area contributed by atoms with Gasteiger partial charge in [0.1, 0.15) is 0 Å². The minimum atomic E-state index is -0.233. The van der Waals surface area contributed by atoms with Gasteiger partial charge in [0.05, 0.1) is 37.2 Å². The number of rotatable bonds is 4. The van der Waals surface area contributed by atoms with Crippen LogP contribution in [-0.4, -0.2) is 51.7 Å². The van der Waals surface area contributed by atoms with Crippen LogP contribution in [0.3, 0.4) is 0 Å². The number of carbonyl (C=O) groups excluding carboxylic acids is 2. The van der Waals surface area contributed by atoms with E-state index in [0.29, 0.717) is 19.6 Å². The van der Waals surface area contributed by atoms with E-state index >= 15 is 0 Å². The monoisotopic (exact) mass is 327 g/mol. The molecule has 0 radical (unpaired) electrons. The lowest BCUT2D eigenvalue weighted by Gasteiger charge is -2.19. The molecule has 126 valence electrons. The minimum Gasteiger partial charge on any atom is -0.345 e. The van der Waals surface area contributed by atoms with Gasteiger partial charge in [-0.1, -0.05) is 18.2 Å². The number of para-hydroxylation sites is 1. The smallest absolute Gasteiger partial charge is 0.318 e. The van der Waals surface area contributed by atoms with Crippen molar-refractivity contribution in [3.63, 3.8) is 0 Å². The standard InChI is InChI=1S/C17H21N5O2/c1-3-20(2)16(23)10-18-17(24)21-11-13-9-19-22(15(13)12-21)14-7-5-4-6-8-14/h4-9H,3,10-12H2,1-2H3,(H,18,24). The van der Waals surface area contributed by atoms with Crippen LogP contribution in [0.1, 0.15) is 18.2 Å². The largest absolute Gasteiger partial charge is 0.345 e. The second-order valence-electron chi connectivity index (χ2n) is 5.79. The molecule has 3 rings (SSSR count). The summed E-state index contributed by atoms with van der Waals surface area (Å²) in [4.78, 5) is 27.3. The number of amides is 3. The van der Waals surface area contributed by atoms with Crippen LogP contribution in [0.5, 0.6) is 0 Å². The maximum Gasteiger partial charge on any atom is 0.318 e. The van der Waals surface area contributed by atoms with Crippen molar-refractivity contribution in [2.45, 2.75) is 20.0 Å². The second-order valence-corrected chi connectivity index (χ2v) is 5.79. The van der Waals surface area contributed by atoms with E-state index in [1.165, 1.54) is 0 Å². The molecule has 0 aliphatic carbocycles. The van der Waals surface area contributed by atoms with Crippen molar-refractivity contribution in [1.29, 1.82) is 0 Å². The maximum atomic E-state index is 12.3. The predicted molar refractivity (Wildman–Crippen MR) is 89.5 cm³/mol.